The van der Waals surface area contributed by atoms with Crippen LogP contribution < -0.4 is 10.6 Å². The van der Waals surface area contributed by atoms with Gasteiger partial charge in [-0.15, -0.1) is 11.3 Å². The molecule has 0 saturated heterocycles. The molecule has 0 aliphatic rings. The molecule has 0 aliphatic carbocycles. The maximum Gasteiger partial charge on any atom is 0.325 e. The summed E-state index contributed by atoms with van der Waals surface area (Å²) in [6.45, 7) is 3.95. The summed E-state index contributed by atoms with van der Waals surface area (Å²) in [5.74, 6) is 0. The number of rotatable bonds is 3. The molecule has 0 spiro atoms. The lowest BCUT2D eigenvalue weighted by atomic mass is 10.1. The van der Waals surface area contributed by atoms with Crippen molar-refractivity contribution in [3.8, 4) is 11.3 Å². The number of nitrogens with zero attached hydrogens (tertiary/aromatic N) is 2. The first kappa shape index (κ1) is 15.2. The summed E-state index contributed by atoms with van der Waals surface area (Å²) in [4.78, 5) is 20.6. The Morgan fingerprint density at radius 2 is 2.04 bits per heavy atom. The first-order valence-corrected chi connectivity index (χ1v) is 8.01. The quantitative estimate of drug-likeness (QED) is 0.747. The SMILES string of the molecule is Cc1ccc(C)c(NC(=O)Nc2nc(-c3cccnc3)cs2)c1. The molecule has 0 bridgehead atoms. The molecular weight excluding hydrogens is 308 g/mol. The summed E-state index contributed by atoms with van der Waals surface area (Å²) < 4.78 is 0. The number of carbonyl (C=O) groups is 1. The van der Waals surface area contributed by atoms with Crippen molar-refractivity contribution in [3.05, 3.63) is 59.2 Å². The van der Waals surface area contributed by atoms with E-state index in [1.54, 1.807) is 12.4 Å². The summed E-state index contributed by atoms with van der Waals surface area (Å²) >= 11 is 1.38. The number of aromatic nitrogens is 2. The van der Waals surface area contributed by atoms with Crippen LogP contribution in [-0.2, 0) is 0 Å². The minimum atomic E-state index is -0.300. The topological polar surface area (TPSA) is 66.9 Å². The fourth-order valence-corrected chi connectivity index (χ4v) is 2.81. The minimum Gasteiger partial charge on any atom is -0.307 e. The van der Waals surface area contributed by atoms with Crippen LogP contribution in [0.1, 0.15) is 11.1 Å². The number of nitrogens with one attached hydrogen (secondary N) is 2. The van der Waals surface area contributed by atoms with Crippen LogP contribution in [0.3, 0.4) is 0 Å². The van der Waals surface area contributed by atoms with E-state index in [-0.39, 0.29) is 6.03 Å². The third-order valence-electron chi connectivity index (χ3n) is 3.32. The monoisotopic (exact) mass is 324 g/mol. The normalized spacial score (nSPS) is 10.3. The molecule has 3 aromatic rings. The zero-order chi connectivity index (χ0) is 16.2. The molecule has 2 amide bonds. The van der Waals surface area contributed by atoms with Crippen molar-refractivity contribution in [1.29, 1.82) is 0 Å². The lowest BCUT2D eigenvalue weighted by Gasteiger charge is -2.09. The fraction of sp³-hybridized carbons (Fsp3) is 0.118. The zero-order valence-corrected chi connectivity index (χ0v) is 13.6. The van der Waals surface area contributed by atoms with Crippen LogP contribution >= 0.6 is 11.3 Å². The van der Waals surface area contributed by atoms with Crippen molar-refractivity contribution in [2.24, 2.45) is 0 Å². The third-order valence-corrected chi connectivity index (χ3v) is 4.08. The van der Waals surface area contributed by atoms with Gasteiger partial charge in [-0.2, -0.15) is 0 Å². The summed E-state index contributed by atoms with van der Waals surface area (Å²) in [7, 11) is 0. The summed E-state index contributed by atoms with van der Waals surface area (Å²) in [6.07, 6.45) is 3.46. The van der Waals surface area contributed by atoms with Gasteiger partial charge < -0.3 is 5.32 Å². The van der Waals surface area contributed by atoms with E-state index in [2.05, 4.69) is 20.6 Å². The number of hydrogen-bond acceptors (Lipinski definition) is 4. The molecule has 1 aromatic carbocycles. The molecule has 23 heavy (non-hydrogen) atoms. The van der Waals surface area contributed by atoms with Crippen LogP contribution in [0.5, 0.6) is 0 Å². The molecule has 116 valence electrons. The highest BCUT2D eigenvalue weighted by Crippen LogP contribution is 2.24. The van der Waals surface area contributed by atoms with Gasteiger partial charge in [0.15, 0.2) is 5.13 Å². The standard InChI is InChI=1S/C17H16N4OS/c1-11-5-6-12(2)14(8-11)19-16(22)21-17-20-15(10-23-17)13-4-3-7-18-9-13/h3-10H,1-2H3,(H2,19,20,21,22). The highest BCUT2D eigenvalue weighted by molar-refractivity contribution is 7.14. The zero-order valence-electron chi connectivity index (χ0n) is 12.8. The van der Waals surface area contributed by atoms with E-state index in [0.29, 0.717) is 5.13 Å². The Labute approximate surface area is 138 Å². The van der Waals surface area contributed by atoms with Gasteiger partial charge in [-0.05, 0) is 43.2 Å². The van der Waals surface area contributed by atoms with Gasteiger partial charge in [0.2, 0.25) is 0 Å². The predicted octanol–water partition coefficient (Wildman–Crippen LogP) is 4.47. The van der Waals surface area contributed by atoms with Gasteiger partial charge in [0, 0.05) is 29.0 Å². The van der Waals surface area contributed by atoms with Gasteiger partial charge in [0.1, 0.15) is 0 Å². The average Bonchev–Trinajstić information content (AvgIpc) is 3.00. The van der Waals surface area contributed by atoms with Crippen molar-refractivity contribution in [1.82, 2.24) is 9.97 Å². The van der Waals surface area contributed by atoms with Crippen LogP contribution in [0.25, 0.3) is 11.3 Å². The number of urea groups is 1. The van der Waals surface area contributed by atoms with E-state index in [4.69, 9.17) is 0 Å². The van der Waals surface area contributed by atoms with E-state index in [9.17, 15) is 4.79 Å². The number of aryl methyl sites for hydroxylation is 2. The molecule has 6 heteroatoms. The largest absolute Gasteiger partial charge is 0.325 e. The number of carbonyl (C=O) groups excluding carboxylic acids is 1. The molecule has 5 nitrogen and oxygen atoms in total. The van der Waals surface area contributed by atoms with E-state index in [1.807, 2.05) is 49.6 Å². The first-order chi connectivity index (χ1) is 11.1. The molecule has 0 aliphatic heterocycles. The second kappa shape index (κ2) is 6.58. The second-order valence-corrected chi connectivity index (χ2v) is 6.04. The Balaban J connectivity index is 1.69. The van der Waals surface area contributed by atoms with Gasteiger partial charge in [-0.1, -0.05) is 12.1 Å². The summed E-state index contributed by atoms with van der Waals surface area (Å²) in [5.41, 5.74) is 4.63. The van der Waals surface area contributed by atoms with Crippen LogP contribution in [0.4, 0.5) is 15.6 Å². The molecule has 3 rings (SSSR count). The fourth-order valence-electron chi connectivity index (χ4n) is 2.10. The molecule has 2 N–H and O–H groups in total. The molecule has 2 heterocycles. The van der Waals surface area contributed by atoms with Crippen LogP contribution in [0.15, 0.2) is 48.1 Å². The van der Waals surface area contributed by atoms with E-state index in [1.165, 1.54) is 11.3 Å². The van der Waals surface area contributed by atoms with Gasteiger partial charge in [0.05, 0.1) is 5.69 Å². The minimum absolute atomic E-state index is 0.300. The summed E-state index contributed by atoms with van der Waals surface area (Å²) in [5, 5.41) is 8.06. The van der Waals surface area contributed by atoms with Gasteiger partial charge in [-0.3, -0.25) is 10.3 Å². The molecular formula is C17H16N4OS. The van der Waals surface area contributed by atoms with Crippen molar-refractivity contribution in [2.75, 3.05) is 10.6 Å². The maximum absolute atomic E-state index is 12.1. The smallest absolute Gasteiger partial charge is 0.307 e. The molecule has 0 atom stereocenters. The Kier molecular flexibility index (Phi) is 4.34. The van der Waals surface area contributed by atoms with Crippen LogP contribution in [-0.4, -0.2) is 16.0 Å². The van der Waals surface area contributed by atoms with E-state index < -0.39 is 0 Å². The molecule has 2 aromatic heterocycles. The highest BCUT2D eigenvalue weighted by atomic mass is 32.1. The molecule has 0 fully saturated rings. The van der Waals surface area contributed by atoms with Crippen molar-refractivity contribution in [3.63, 3.8) is 0 Å². The average molecular weight is 324 g/mol. The second-order valence-electron chi connectivity index (χ2n) is 5.18. The Morgan fingerprint density at radius 3 is 2.83 bits per heavy atom. The predicted molar refractivity (Wildman–Crippen MR) is 93.9 cm³/mol. The number of benzene rings is 1. The van der Waals surface area contributed by atoms with E-state index in [0.717, 1.165) is 28.1 Å². The Morgan fingerprint density at radius 1 is 1.17 bits per heavy atom. The number of thiazole rings is 1. The number of amides is 2. The Hall–Kier alpha value is -2.73. The number of hydrogen-bond donors (Lipinski definition) is 2. The van der Waals surface area contributed by atoms with Crippen molar-refractivity contribution in [2.45, 2.75) is 13.8 Å². The lowest BCUT2D eigenvalue weighted by molar-refractivity contribution is 0.262. The number of pyridine rings is 1. The first-order valence-electron chi connectivity index (χ1n) is 7.13. The maximum atomic E-state index is 12.1. The summed E-state index contributed by atoms with van der Waals surface area (Å²) in [6, 6.07) is 9.43. The lowest BCUT2D eigenvalue weighted by Crippen LogP contribution is -2.19. The van der Waals surface area contributed by atoms with Crippen LogP contribution in [0, 0.1) is 13.8 Å². The third kappa shape index (κ3) is 3.73. The van der Waals surface area contributed by atoms with Crippen molar-refractivity contribution >= 4 is 28.2 Å². The highest BCUT2D eigenvalue weighted by Gasteiger charge is 2.09. The van der Waals surface area contributed by atoms with E-state index >= 15 is 0 Å². The molecule has 0 unspecified atom stereocenters. The van der Waals surface area contributed by atoms with Gasteiger partial charge in [0.25, 0.3) is 0 Å². The molecule has 0 saturated carbocycles. The van der Waals surface area contributed by atoms with Gasteiger partial charge >= 0.3 is 6.03 Å². The van der Waals surface area contributed by atoms with Crippen LogP contribution in [0.2, 0.25) is 0 Å². The Bertz CT molecular complexity index is 830. The molecule has 0 radical (unpaired) electrons. The van der Waals surface area contributed by atoms with Gasteiger partial charge in [-0.25, -0.2) is 9.78 Å². The number of anilines is 2. The van der Waals surface area contributed by atoms with Crippen molar-refractivity contribution < 1.29 is 4.79 Å².